The minimum absolute atomic E-state index is 0.0263. The number of carbonyl (C=O) groups is 2. The Morgan fingerprint density at radius 2 is 1.59 bits per heavy atom. The standard InChI is InChI=1S/C26H37N3O4S/c1-7-21(5)27-26(31)24(8-2)29(17-22-12-10-9-11-20(22)4)25(30)18-28(6)34(32,33)23-15-13-19(3)14-16-23/h9-16,21,24H,7-8,17-18H2,1-6H3,(H,27,31). The Balaban J connectivity index is 2.34. The summed E-state index contributed by atoms with van der Waals surface area (Å²) in [4.78, 5) is 28.2. The van der Waals surface area contributed by atoms with Crippen LogP contribution in [0.3, 0.4) is 0 Å². The van der Waals surface area contributed by atoms with Crippen LogP contribution in [0.5, 0.6) is 0 Å². The molecule has 34 heavy (non-hydrogen) atoms. The van der Waals surface area contributed by atoms with Crippen LogP contribution in [0.25, 0.3) is 0 Å². The van der Waals surface area contributed by atoms with Crippen LogP contribution in [0.2, 0.25) is 0 Å². The molecule has 0 radical (unpaired) electrons. The van der Waals surface area contributed by atoms with Gasteiger partial charge < -0.3 is 10.2 Å². The predicted molar refractivity (Wildman–Crippen MR) is 135 cm³/mol. The molecule has 2 unspecified atom stereocenters. The Bertz CT molecular complexity index is 1080. The van der Waals surface area contributed by atoms with E-state index in [2.05, 4.69) is 5.32 Å². The number of hydrogen-bond donors (Lipinski definition) is 1. The lowest BCUT2D eigenvalue weighted by molar-refractivity contribution is -0.141. The van der Waals surface area contributed by atoms with Gasteiger partial charge in [-0.2, -0.15) is 4.31 Å². The molecular weight excluding hydrogens is 450 g/mol. The van der Waals surface area contributed by atoms with Crippen molar-refractivity contribution >= 4 is 21.8 Å². The molecule has 186 valence electrons. The first-order valence-corrected chi connectivity index (χ1v) is 13.1. The molecule has 0 fully saturated rings. The van der Waals surface area contributed by atoms with Crippen molar-refractivity contribution in [3.05, 3.63) is 65.2 Å². The minimum atomic E-state index is -3.86. The van der Waals surface area contributed by atoms with Crippen molar-refractivity contribution in [1.29, 1.82) is 0 Å². The average molecular weight is 488 g/mol. The van der Waals surface area contributed by atoms with E-state index in [1.165, 1.54) is 24.1 Å². The van der Waals surface area contributed by atoms with E-state index in [1.807, 2.05) is 58.9 Å². The highest BCUT2D eigenvalue weighted by molar-refractivity contribution is 7.89. The fourth-order valence-electron chi connectivity index (χ4n) is 3.59. The summed E-state index contributed by atoms with van der Waals surface area (Å²) in [6, 6.07) is 13.4. The molecule has 0 aliphatic heterocycles. The normalized spacial score (nSPS) is 13.4. The number of aryl methyl sites for hydroxylation is 2. The van der Waals surface area contributed by atoms with Crippen molar-refractivity contribution in [2.24, 2.45) is 0 Å². The fourth-order valence-corrected chi connectivity index (χ4v) is 4.71. The number of nitrogens with zero attached hydrogens (tertiary/aromatic N) is 2. The lowest BCUT2D eigenvalue weighted by Crippen LogP contribution is -2.53. The Hall–Kier alpha value is -2.71. The largest absolute Gasteiger partial charge is 0.352 e. The molecule has 0 aliphatic carbocycles. The number of amides is 2. The van der Waals surface area contributed by atoms with Gasteiger partial charge in [0.05, 0.1) is 11.4 Å². The summed E-state index contributed by atoms with van der Waals surface area (Å²) >= 11 is 0. The third-order valence-corrected chi connectivity index (χ3v) is 7.89. The molecule has 7 nitrogen and oxygen atoms in total. The van der Waals surface area contributed by atoms with Crippen LogP contribution in [-0.4, -0.2) is 55.1 Å². The van der Waals surface area contributed by atoms with Crippen LogP contribution in [0, 0.1) is 13.8 Å². The second-order valence-corrected chi connectivity index (χ2v) is 10.8. The number of rotatable bonds is 11. The molecule has 1 N–H and O–H groups in total. The summed E-state index contributed by atoms with van der Waals surface area (Å²) in [5.41, 5.74) is 2.85. The van der Waals surface area contributed by atoms with Crippen molar-refractivity contribution in [3.8, 4) is 0 Å². The summed E-state index contributed by atoms with van der Waals surface area (Å²) in [5, 5.41) is 2.97. The summed E-state index contributed by atoms with van der Waals surface area (Å²) in [6.07, 6.45) is 1.18. The fraction of sp³-hybridized carbons (Fsp3) is 0.462. The molecular formula is C26H37N3O4S. The third-order valence-electron chi connectivity index (χ3n) is 6.08. The molecule has 0 heterocycles. The first kappa shape index (κ1) is 27.5. The molecule has 0 saturated heterocycles. The molecule has 0 aliphatic rings. The van der Waals surface area contributed by atoms with Crippen LogP contribution in [0.1, 0.15) is 50.3 Å². The van der Waals surface area contributed by atoms with E-state index in [1.54, 1.807) is 12.1 Å². The van der Waals surface area contributed by atoms with Gasteiger partial charge in [0.2, 0.25) is 21.8 Å². The summed E-state index contributed by atoms with van der Waals surface area (Å²) < 4.78 is 27.1. The van der Waals surface area contributed by atoms with Crippen molar-refractivity contribution < 1.29 is 18.0 Å². The van der Waals surface area contributed by atoms with E-state index in [-0.39, 0.29) is 29.9 Å². The summed E-state index contributed by atoms with van der Waals surface area (Å²) in [5.74, 6) is -0.657. The second-order valence-electron chi connectivity index (χ2n) is 8.76. The molecule has 2 atom stereocenters. The first-order valence-electron chi connectivity index (χ1n) is 11.7. The summed E-state index contributed by atoms with van der Waals surface area (Å²) in [7, 11) is -2.47. The van der Waals surface area contributed by atoms with Crippen LogP contribution in [0.4, 0.5) is 0 Å². The lowest BCUT2D eigenvalue weighted by atomic mass is 10.1. The number of likely N-dealkylation sites (N-methyl/N-ethyl adjacent to an activating group) is 1. The van der Waals surface area contributed by atoms with E-state index < -0.39 is 22.0 Å². The molecule has 0 bridgehead atoms. The average Bonchev–Trinajstić information content (AvgIpc) is 2.80. The van der Waals surface area contributed by atoms with Gasteiger partial charge >= 0.3 is 0 Å². The van der Waals surface area contributed by atoms with Gasteiger partial charge in [0.15, 0.2) is 0 Å². The lowest BCUT2D eigenvalue weighted by Gasteiger charge is -2.33. The van der Waals surface area contributed by atoms with Gasteiger partial charge in [0, 0.05) is 19.6 Å². The Morgan fingerprint density at radius 3 is 2.15 bits per heavy atom. The van der Waals surface area contributed by atoms with E-state index in [4.69, 9.17) is 0 Å². The van der Waals surface area contributed by atoms with Crippen molar-refractivity contribution in [3.63, 3.8) is 0 Å². The van der Waals surface area contributed by atoms with Gasteiger partial charge in [-0.25, -0.2) is 8.42 Å². The molecule has 2 aromatic carbocycles. The first-order chi connectivity index (χ1) is 16.0. The van der Waals surface area contributed by atoms with Crippen LogP contribution >= 0.6 is 0 Å². The summed E-state index contributed by atoms with van der Waals surface area (Å²) in [6.45, 7) is 9.43. The SMILES string of the molecule is CCC(C)NC(=O)C(CC)N(Cc1ccccc1C)C(=O)CN(C)S(=O)(=O)c1ccc(C)cc1. The van der Waals surface area contributed by atoms with Gasteiger partial charge in [-0.1, -0.05) is 55.8 Å². The number of carbonyl (C=O) groups excluding carboxylic acids is 2. The Kier molecular flexibility index (Phi) is 9.82. The zero-order valence-electron chi connectivity index (χ0n) is 21.0. The highest BCUT2D eigenvalue weighted by atomic mass is 32.2. The quantitative estimate of drug-likeness (QED) is 0.524. The Morgan fingerprint density at radius 1 is 0.971 bits per heavy atom. The minimum Gasteiger partial charge on any atom is -0.352 e. The van der Waals surface area contributed by atoms with Gasteiger partial charge in [0.25, 0.3) is 0 Å². The van der Waals surface area contributed by atoms with Gasteiger partial charge in [-0.3, -0.25) is 9.59 Å². The molecule has 0 spiro atoms. The third kappa shape index (κ3) is 6.90. The maximum atomic E-state index is 13.5. The number of sulfonamides is 1. The topological polar surface area (TPSA) is 86.8 Å². The van der Waals surface area contributed by atoms with E-state index in [0.29, 0.717) is 6.42 Å². The zero-order valence-corrected chi connectivity index (χ0v) is 21.9. The molecule has 0 aromatic heterocycles. The van der Waals surface area contributed by atoms with Gasteiger partial charge in [0.1, 0.15) is 6.04 Å². The van der Waals surface area contributed by atoms with Gasteiger partial charge in [-0.15, -0.1) is 0 Å². The van der Waals surface area contributed by atoms with Crippen LogP contribution < -0.4 is 5.32 Å². The van der Waals surface area contributed by atoms with E-state index in [0.717, 1.165) is 27.4 Å². The monoisotopic (exact) mass is 487 g/mol. The molecule has 8 heteroatoms. The number of nitrogens with one attached hydrogen (secondary N) is 1. The smallest absolute Gasteiger partial charge is 0.243 e. The van der Waals surface area contributed by atoms with E-state index in [9.17, 15) is 18.0 Å². The van der Waals surface area contributed by atoms with Crippen molar-refractivity contribution in [1.82, 2.24) is 14.5 Å². The molecule has 2 aromatic rings. The highest BCUT2D eigenvalue weighted by Gasteiger charge is 2.32. The van der Waals surface area contributed by atoms with Gasteiger partial charge in [-0.05, 0) is 56.9 Å². The number of benzene rings is 2. The Labute approximate surface area is 204 Å². The highest BCUT2D eigenvalue weighted by Crippen LogP contribution is 2.19. The van der Waals surface area contributed by atoms with Crippen LogP contribution in [0.15, 0.2) is 53.4 Å². The van der Waals surface area contributed by atoms with Crippen molar-refractivity contribution in [2.75, 3.05) is 13.6 Å². The molecule has 2 rings (SSSR count). The second kappa shape index (κ2) is 12.1. The zero-order chi connectivity index (χ0) is 25.5. The molecule has 0 saturated carbocycles. The van der Waals surface area contributed by atoms with Crippen LogP contribution in [-0.2, 0) is 26.2 Å². The molecule has 2 amide bonds. The maximum absolute atomic E-state index is 13.5. The number of hydrogen-bond acceptors (Lipinski definition) is 4. The van der Waals surface area contributed by atoms with E-state index >= 15 is 0 Å². The maximum Gasteiger partial charge on any atom is 0.243 e. The van der Waals surface area contributed by atoms with Crippen molar-refractivity contribution in [2.45, 2.75) is 71.0 Å². The predicted octanol–water partition coefficient (Wildman–Crippen LogP) is 3.65.